The number of carbonyl (C=O) groups excluding carboxylic acids is 1. The maximum atomic E-state index is 11.0. The summed E-state index contributed by atoms with van der Waals surface area (Å²) in [5, 5.41) is 3.48. The third kappa shape index (κ3) is 7.26. The number of primary amides is 1. The molecule has 1 amide bonds. The van der Waals surface area contributed by atoms with E-state index in [1.54, 1.807) is 0 Å². The number of carbonyl (C=O) groups is 1. The molecule has 2 rings (SSSR count). The first-order valence-corrected chi connectivity index (χ1v) is 10.0. The van der Waals surface area contributed by atoms with Gasteiger partial charge in [-0.05, 0) is 66.7 Å². The Balaban J connectivity index is 1.83. The highest BCUT2D eigenvalue weighted by atomic mass is 127. The molecule has 1 fully saturated rings. The summed E-state index contributed by atoms with van der Waals surface area (Å²) in [4.78, 5) is 13.4. The molecule has 1 aromatic rings. The van der Waals surface area contributed by atoms with E-state index in [9.17, 15) is 4.79 Å². The van der Waals surface area contributed by atoms with Crippen LogP contribution in [0.25, 0.3) is 0 Å². The van der Waals surface area contributed by atoms with Crippen LogP contribution in [-0.4, -0.2) is 63.4 Å². The van der Waals surface area contributed by atoms with Gasteiger partial charge in [-0.25, -0.2) is 0 Å². The number of nitrogens with one attached hydrogen (secondary N) is 1. The van der Waals surface area contributed by atoms with Crippen LogP contribution in [0, 0.1) is 3.57 Å². The van der Waals surface area contributed by atoms with Crippen LogP contribution >= 0.6 is 22.6 Å². The highest BCUT2D eigenvalue weighted by Crippen LogP contribution is 2.34. The lowest BCUT2D eigenvalue weighted by atomic mass is 10.2. The fourth-order valence-electron chi connectivity index (χ4n) is 2.75. The Morgan fingerprint density at radius 2 is 2.12 bits per heavy atom. The van der Waals surface area contributed by atoms with Gasteiger partial charge in [0, 0.05) is 19.6 Å². The van der Waals surface area contributed by atoms with Gasteiger partial charge in [0.25, 0.3) is 5.91 Å². The molecule has 1 aliphatic rings. The zero-order chi connectivity index (χ0) is 18.8. The van der Waals surface area contributed by atoms with Gasteiger partial charge in [-0.2, -0.15) is 0 Å². The highest BCUT2D eigenvalue weighted by molar-refractivity contribution is 14.1. The van der Waals surface area contributed by atoms with Gasteiger partial charge in [0.05, 0.1) is 23.4 Å². The minimum absolute atomic E-state index is 0.158. The average Bonchev–Trinajstić information content (AvgIpc) is 2.61. The van der Waals surface area contributed by atoms with E-state index in [0.717, 1.165) is 61.5 Å². The van der Waals surface area contributed by atoms with Gasteiger partial charge < -0.3 is 25.3 Å². The number of ether oxygens (including phenoxy) is 3. The van der Waals surface area contributed by atoms with Crippen molar-refractivity contribution >= 4 is 28.5 Å². The standard InChI is InChI=1S/C18H28IN3O4/c1-2-25-16-11-14(10-15(19)18(16)26-13-17(20)23)12-21-4-3-5-22-6-8-24-9-7-22/h10-11,21H,2-9,12-13H2,1H3,(H2,20,23). The second-order valence-corrected chi connectivity index (χ2v) is 7.24. The van der Waals surface area contributed by atoms with E-state index in [1.807, 2.05) is 19.1 Å². The smallest absolute Gasteiger partial charge is 0.255 e. The van der Waals surface area contributed by atoms with Crippen LogP contribution in [0.5, 0.6) is 11.5 Å². The number of halogens is 1. The molecule has 1 aromatic carbocycles. The third-order valence-corrected chi connectivity index (χ3v) is 4.79. The summed E-state index contributed by atoms with van der Waals surface area (Å²) in [5.74, 6) is 0.711. The van der Waals surface area contributed by atoms with Crippen LogP contribution in [0.4, 0.5) is 0 Å². The molecule has 3 N–H and O–H groups in total. The topological polar surface area (TPSA) is 86.1 Å². The predicted octanol–water partition coefficient (Wildman–Crippen LogP) is 1.37. The Kier molecular flexibility index (Phi) is 9.44. The maximum Gasteiger partial charge on any atom is 0.255 e. The van der Waals surface area contributed by atoms with E-state index >= 15 is 0 Å². The normalized spacial score (nSPS) is 15.0. The molecule has 0 aromatic heterocycles. The zero-order valence-corrected chi connectivity index (χ0v) is 17.4. The van der Waals surface area contributed by atoms with Crippen molar-refractivity contribution in [2.45, 2.75) is 19.9 Å². The van der Waals surface area contributed by atoms with Crippen molar-refractivity contribution in [2.75, 3.05) is 52.6 Å². The summed E-state index contributed by atoms with van der Waals surface area (Å²) < 4.78 is 17.4. The number of rotatable bonds is 11. The minimum atomic E-state index is -0.505. The summed E-state index contributed by atoms with van der Waals surface area (Å²) in [5.41, 5.74) is 6.29. The van der Waals surface area contributed by atoms with Crippen LogP contribution in [0.15, 0.2) is 12.1 Å². The molecule has 0 radical (unpaired) electrons. The molecular formula is C18H28IN3O4. The van der Waals surface area contributed by atoms with E-state index in [0.29, 0.717) is 18.1 Å². The van der Waals surface area contributed by atoms with E-state index in [1.165, 1.54) is 0 Å². The molecule has 7 nitrogen and oxygen atoms in total. The fraction of sp³-hybridized carbons (Fsp3) is 0.611. The Labute approximate surface area is 168 Å². The highest BCUT2D eigenvalue weighted by Gasteiger charge is 2.13. The number of morpholine rings is 1. The minimum Gasteiger partial charge on any atom is -0.490 e. The van der Waals surface area contributed by atoms with Gasteiger partial charge in [0.15, 0.2) is 18.1 Å². The Morgan fingerprint density at radius 1 is 1.35 bits per heavy atom. The molecule has 0 saturated carbocycles. The molecule has 1 heterocycles. The number of hydrogen-bond donors (Lipinski definition) is 2. The molecule has 8 heteroatoms. The van der Waals surface area contributed by atoms with Gasteiger partial charge >= 0.3 is 0 Å². The number of benzene rings is 1. The predicted molar refractivity (Wildman–Crippen MR) is 109 cm³/mol. The molecule has 0 aliphatic carbocycles. The number of amides is 1. The van der Waals surface area contributed by atoms with Crippen LogP contribution in [0.3, 0.4) is 0 Å². The summed E-state index contributed by atoms with van der Waals surface area (Å²) in [6.07, 6.45) is 1.11. The van der Waals surface area contributed by atoms with Gasteiger partial charge in [0.2, 0.25) is 0 Å². The lowest BCUT2D eigenvalue weighted by Gasteiger charge is -2.26. The van der Waals surface area contributed by atoms with Crippen LogP contribution in [0.1, 0.15) is 18.9 Å². The lowest BCUT2D eigenvalue weighted by Crippen LogP contribution is -2.37. The van der Waals surface area contributed by atoms with Crippen LogP contribution < -0.4 is 20.5 Å². The first kappa shape index (κ1) is 21.2. The van der Waals surface area contributed by atoms with E-state index in [2.05, 4.69) is 32.8 Å². The van der Waals surface area contributed by atoms with Crippen molar-refractivity contribution in [3.05, 3.63) is 21.3 Å². The molecule has 1 aliphatic heterocycles. The van der Waals surface area contributed by atoms with Crippen molar-refractivity contribution in [1.82, 2.24) is 10.2 Å². The van der Waals surface area contributed by atoms with E-state index in [4.69, 9.17) is 19.9 Å². The molecule has 0 bridgehead atoms. The van der Waals surface area contributed by atoms with Crippen LogP contribution in [0.2, 0.25) is 0 Å². The molecule has 0 unspecified atom stereocenters. The van der Waals surface area contributed by atoms with Crippen molar-refractivity contribution in [2.24, 2.45) is 5.73 Å². The van der Waals surface area contributed by atoms with Gasteiger partial charge in [-0.3, -0.25) is 9.69 Å². The van der Waals surface area contributed by atoms with Crippen LogP contribution in [-0.2, 0) is 16.1 Å². The number of nitrogens with two attached hydrogens (primary N) is 1. The largest absolute Gasteiger partial charge is 0.490 e. The molecule has 146 valence electrons. The first-order chi connectivity index (χ1) is 12.6. The Hall–Kier alpha value is -1.10. The molecule has 1 saturated heterocycles. The van der Waals surface area contributed by atoms with Gasteiger partial charge in [-0.1, -0.05) is 0 Å². The molecule has 26 heavy (non-hydrogen) atoms. The zero-order valence-electron chi connectivity index (χ0n) is 15.3. The van der Waals surface area contributed by atoms with Crippen molar-refractivity contribution in [3.8, 4) is 11.5 Å². The summed E-state index contributed by atoms with van der Waals surface area (Å²) in [7, 11) is 0. The SMILES string of the molecule is CCOc1cc(CNCCCN2CCOCC2)cc(I)c1OCC(N)=O. The van der Waals surface area contributed by atoms with Gasteiger partial charge in [-0.15, -0.1) is 0 Å². The number of nitrogens with zero attached hydrogens (tertiary/aromatic N) is 1. The number of hydrogen-bond acceptors (Lipinski definition) is 6. The quantitative estimate of drug-likeness (QED) is 0.370. The summed E-state index contributed by atoms with van der Waals surface area (Å²) in [6, 6.07) is 3.99. The second-order valence-electron chi connectivity index (χ2n) is 6.08. The van der Waals surface area contributed by atoms with E-state index < -0.39 is 5.91 Å². The van der Waals surface area contributed by atoms with Crippen molar-refractivity contribution in [1.29, 1.82) is 0 Å². The third-order valence-electron chi connectivity index (χ3n) is 3.99. The van der Waals surface area contributed by atoms with Gasteiger partial charge in [0.1, 0.15) is 0 Å². The fourth-order valence-corrected chi connectivity index (χ4v) is 3.58. The Bertz CT molecular complexity index is 580. The lowest BCUT2D eigenvalue weighted by molar-refractivity contribution is -0.119. The molecule has 0 atom stereocenters. The molecule has 0 spiro atoms. The van der Waals surface area contributed by atoms with Crippen molar-refractivity contribution < 1.29 is 19.0 Å². The monoisotopic (exact) mass is 477 g/mol. The second kappa shape index (κ2) is 11.6. The van der Waals surface area contributed by atoms with E-state index in [-0.39, 0.29) is 6.61 Å². The Morgan fingerprint density at radius 3 is 2.81 bits per heavy atom. The molecular weight excluding hydrogens is 449 g/mol. The summed E-state index contributed by atoms with van der Waals surface area (Å²) in [6.45, 7) is 8.85. The maximum absolute atomic E-state index is 11.0. The summed E-state index contributed by atoms with van der Waals surface area (Å²) >= 11 is 2.19. The average molecular weight is 477 g/mol. The van der Waals surface area contributed by atoms with Crippen molar-refractivity contribution in [3.63, 3.8) is 0 Å². The first-order valence-electron chi connectivity index (χ1n) is 8.97.